The van der Waals surface area contributed by atoms with Gasteiger partial charge in [0.1, 0.15) is 22.7 Å². The molecule has 3 heterocycles. The third-order valence-electron chi connectivity index (χ3n) is 7.63. The van der Waals surface area contributed by atoms with Crippen LogP contribution in [0.15, 0.2) is 124 Å². The smallest absolute Gasteiger partial charge is 0.151 e. The number of fused-ring (bicyclic) bond motifs is 4. The highest BCUT2D eigenvalue weighted by Gasteiger charge is 2.28. The lowest BCUT2D eigenvalue weighted by atomic mass is 10.0. The second-order valence-electron chi connectivity index (χ2n) is 10.4. The molecule has 0 unspecified atom stereocenters. The number of furan rings is 2. The van der Waals surface area contributed by atoms with Crippen LogP contribution >= 0.6 is 0 Å². The standard InChI is InChI=1S/C36H25NO3/c1-22-11-14-28(23(2)17-22)37-29-18-26(35-20-24-7-3-5-9-31(24)38-35)12-15-33(29)40-34-16-13-27(19-30(34)37)36-21-25-8-4-6-10-32(25)39-36/h3-21H,1-2H3. The Labute approximate surface area is 231 Å². The molecule has 7 aromatic rings. The molecule has 0 saturated heterocycles. The minimum atomic E-state index is 0.795. The summed E-state index contributed by atoms with van der Waals surface area (Å²) in [6.07, 6.45) is 0. The maximum atomic E-state index is 6.49. The van der Waals surface area contributed by atoms with Crippen LogP contribution in [0.3, 0.4) is 0 Å². The molecule has 0 fully saturated rings. The van der Waals surface area contributed by atoms with Gasteiger partial charge in [0.05, 0.1) is 11.4 Å². The Bertz CT molecular complexity index is 1890. The van der Waals surface area contributed by atoms with E-state index >= 15 is 0 Å². The predicted octanol–water partition coefficient (Wildman–Crippen LogP) is 10.7. The highest BCUT2D eigenvalue weighted by molar-refractivity contribution is 5.92. The molecule has 40 heavy (non-hydrogen) atoms. The number of ether oxygens (including phenoxy) is 1. The van der Waals surface area contributed by atoms with E-state index in [1.165, 1.54) is 11.1 Å². The van der Waals surface area contributed by atoms with Crippen LogP contribution in [0.2, 0.25) is 0 Å². The number of hydrogen-bond donors (Lipinski definition) is 0. The van der Waals surface area contributed by atoms with Crippen LogP contribution in [-0.2, 0) is 0 Å². The van der Waals surface area contributed by atoms with E-state index in [0.29, 0.717) is 0 Å². The van der Waals surface area contributed by atoms with Gasteiger partial charge >= 0.3 is 0 Å². The summed E-state index contributed by atoms with van der Waals surface area (Å²) in [5, 5.41) is 2.16. The molecule has 0 bridgehead atoms. The first-order valence-electron chi connectivity index (χ1n) is 13.4. The van der Waals surface area contributed by atoms with Crippen molar-refractivity contribution in [3.8, 4) is 34.1 Å². The van der Waals surface area contributed by atoms with Crippen molar-refractivity contribution in [2.45, 2.75) is 13.8 Å². The van der Waals surface area contributed by atoms with Crippen LogP contribution < -0.4 is 9.64 Å². The van der Waals surface area contributed by atoms with Crippen LogP contribution in [0.25, 0.3) is 44.6 Å². The van der Waals surface area contributed by atoms with Crippen molar-refractivity contribution in [1.29, 1.82) is 0 Å². The maximum absolute atomic E-state index is 6.49. The zero-order valence-electron chi connectivity index (χ0n) is 22.1. The summed E-state index contributed by atoms with van der Waals surface area (Å²) in [5.74, 6) is 3.24. The molecule has 192 valence electrons. The molecule has 0 N–H and O–H groups in total. The fourth-order valence-corrected chi connectivity index (χ4v) is 5.68. The molecule has 0 spiro atoms. The summed E-state index contributed by atoms with van der Waals surface area (Å²) in [7, 11) is 0. The minimum Gasteiger partial charge on any atom is -0.456 e. The fraction of sp³-hybridized carbons (Fsp3) is 0.0556. The largest absolute Gasteiger partial charge is 0.456 e. The monoisotopic (exact) mass is 519 g/mol. The van der Waals surface area contributed by atoms with E-state index in [2.05, 4.69) is 85.5 Å². The molecule has 5 aromatic carbocycles. The van der Waals surface area contributed by atoms with Crippen molar-refractivity contribution in [2.75, 3.05) is 4.90 Å². The average Bonchev–Trinajstić information content (AvgIpc) is 3.61. The summed E-state index contributed by atoms with van der Waals surface area (Å²) in [6.45, 7) is 4.28. The molecule has 2 aromatic heterocycles. The van der Waals surface area contributed by atoms with E-state index < -0.39 is 0 Å². The summed E-state index contributed by atoms with van der Waals surface area (Å²) in [4.78, 5) is 2.29. The van der Waals surface area contributed by atoms with Crippen LogP contribution in [-0.4, -0.2) is 0 Å². The Hall–Kier alpha value is -5.22. The van der Waals surface area contributed by atoms with E-state index in [9.17, 15) is 0 Å². The maximum Gasteiger partial charge on any atom is 0.151 e. The van der Waals surface area contributed by atoms with Gasteiger partial charge in [-0.05, 0) is 86.1 Å². The van der Waals surface area contributed by atoms with Crippen molar-refractivity contribution >= 4 is 39.0 Å². The Balaban J connectivity index is 1.32. The number of aryl methyl sites for hydroxylation is 2. The van der Waals surface area contributed by atoms with Crippen molar-refractivity contribution in [3.05, 3.63) is 126 Å². The zero-order valence-corrected chi connectivity index (χ0v) is 22.1. The van der Waals surface area contributed by atoms with E-state index in [-0.39, 0.29) is 0 Å². The highest BCUT2D eigenvalue weighted by Crippen LogP contribution is 2.53. The van der Waals surface area contributed by atoms with Crippen LogP contribution in [0.1, 0.15) is 11.1 Å². The third kappa shape index (κ3) is 3.61. The first-order chi connectivity index (χ1) is 19.6. The molecule has 1 aliphatic rings. The van der Waals surface area contributed by atoms with Crippen molar-refractivity contribution < 1.29 is 13.6 Å². The van der Waals surface area contributed by atoms with Gasteiger partial charge in [0.2, 0.25) is 0 Å². The molecule has 1 aliphatic heterocycles. The van der Waals surface area contributed by atoms with Crippen LogP contribution in [0.4, 0.5) is 17.1 Å². The molecule has 4 nitrogen and oxygen atoms in total. The normalized spacial score (nSPS) is 12.4. The molecule has 4 heteroatoms. The van der Waals surface area contributed by atoms with Crippen LogP contribution in [0, 0.1) is 13.8 Å². The van der Waals surface area contributed by atoms with Gasteiger partial charge in [-0.3, -0.25) is 0 Å². The Morgan fingerprint density at radius 2 is 1.05 bits per heavy atom. The molecular weight excluding hydrogens is 494 g/mol. The fourth-order valence-electron chi connectivity index (χ4n) is 5.68. The molecule has 8 rings (SSSR count). The number of nitrogens with zero attached hydrogens (tertiary/aromatic N) is 1. The Kier molecular flexibility index (Phi) is 4.92. The number of rotatable bonds is 3. The first-order valence-corrected chi connectivity index (χ1v) is 13.4. The lowest BCUT2D eigenvalue weighted by Crippen LogP contribution is -2.17. The van der Waals surface area contributed by atoms with Gasteiger partial charge in [-0.2, -0.15) is 0 Å². The van der Waals surface area contributed by atoms with Gasteiger partial charge in [-0.15, -0.1) is 0 Å². The summed E-state index contributed by atoms with van der Waals surface area (Å²) < 4.78 is 18.9. The summed E-state index contributed by atoms with van der Waals surface area (Å²) in [5.41, 5.74) is 9.15. The quantitative estimate of drug-likeness (QED) is 0.233. The predicted molar refractivity (Wildman–Crippen MR) is 161 cm³/mol. The van der Waals surface area contributed by atoms with Crippen molar-refractivity contribution in [3.63, 3.8) is 0 Å². The van der Waals surface area contributed by atoms with Gasteiger partial charge in [-0.25, -0.2) is 0 Å². The highest BCUT2D eigenvalue weighted by atomic mass is 16.5. The first kappa shape index (κ1) is 22.7. The number of hydrogen-bond acceptors (Lipinski definition) is 4. The van der Waals surface area contributed by atoms with Crippen molar-refractivity contribution in [2.24, 2.45) is 0 Å². The second kappa shape index (κ2) is 8.65. The van der Waals surface area contributed by atoms with Crippen molar-refractivity contribution in [1.82, 2.24) is 0 Å². The SMILES string of the molecule is Cc1ccc(N2c3cc(-c4cc5ccccc5o4)ccc3Oc3ccc(-c4cc5ccccc5o4)cc32)c(C)c1. The van der Waals surface area contributed by atoms with Gasteiger partial charge < -0.3 is 18.5 Å². The molecule has 0 radical (unpaired) electrons. The van der Waals surface area contributed by atoms with E-state index in [1.54, 1.807) is 0 Å². The van der Waals surface area contributed by atoms with E-state index in [4.69, 9.17) is 13.6 Å². The summed E-state index contributed by atoms with van der Waals surface area (Å²) in [6, 6.07) is 39.4. The lowest BCUT2D eigenvalue weighted by molar-refractivity contribution is 0.477. The number of anilines is 3. The van der Waals surface area contributed by atoms with Gasteiger partial charge in [0, 0.05) is 27.6 Å². The van der Waals surface area contributed by atoms with E-state index in [0.717, 1.165) is 73.1 Å². The minimum absolute atomic E-state index is 0.795. The topological polar surface area (TPSA) is 38.8 Å². The zero-order chi connectivity index (χ0) is 26.8. The molecule has 0 amide bonds. The lowest BCUT2D eigenvalue weighted by Gasteiger charge is -2.34. The molecular formula is C36H25NO3. The molecule has 0 aliphatic carbocycles. The number of benzene rings is 5. The molecule has 0 saturated carbocycles. The van der Waals surface area contributed by atoms with E-state index in [1.807, 2.05) is 48.5 Å². The van der Waals surface area contributed by atoms with Gasteiger partial charge in [0.15, 0.2) is 11.5 Å². The number of para-hydroxylation sites is 2. The Morgan fingerprint density at radius 1 is 0.500 bits per heavy atom. The van der Waals surface area contributed by atoms with Crippen LogP contribution in [0.5, 0.6) is 11.5 Å². The summed E-state index contributed by atoms with van der Waals surface area (Å²) >= 11 is 0. The Morgan fingerprint density at radius 3 is 1.57 bits per heavy atom. The third-order valence-corrected chi connectivity index (χ3v) is 7.63. The van der Waals surface area contributed by atoms with Gasteiger partial charge in [-0.1, -0.05) is 54.1 Å². The molecule has 0 atom stereocenters. The second-order valence-corrected chi connectivity index (χ2v) is 10.4. The van der Waals surface area contributed by atoms with Gasteiger partial charge in [0.25, 0.3) is 0 Å². The average molecular weight is 520 g/mol.